The van der Waals surface area contributed by atoms with E-state index in [1.54, 1.807) is 10.7 Å². The third-order valence-electron chi connectivity index (χ3n) is 5.79. The topological polar surface area (TPSA) is 62.6 Å². The van der Waals surface area contributed by atoms with Gasteiger partial charge in [-0.25, -0.2) is 4.68 Å². The number of piperazine rings is 1. The molecule has 2 aromatic rings. The molecular weight excluding hydrogens is 354 g/mol. The lowest BCUT2D eigenvalue weighted by Gasteiger charge is -2.36. The lowest BCUT2D eigenvalue weighted by atomic mass is 10.2. The van der Waals surface area contributed by atoms with Crippen LogP contribution < -0.4 is 15.0 Å². The Morgan fingerprint density at radius 2 is 2.00 bits per heavy atom. The van der Waals surface area contributed by atoms with Crippen LogP contribution in [0.1, 0.15) is 29.8 Å². The van der Waals surface area contributed by atoms with E-state index in [4.69, 9.17) is 4.74 Å². The minimum absolute atomic E-state index is 0.197. The number of hydrogen-bond acceptors (Lipinski definition) is 5. The molecule has 1 aliphatic carbocycles. The van der Waals surface area contributed by atoms with Crippen LogP contribution in [0.4, 0.5) is 11.4 Å². The molecule has 0 radical (unpaired) electrons. The lowest BCUT2D eigenvalue weighted by Crippen LogP contribution is -2.47. The maximum atomic E-state index is 12.6. The molecule has 7 heteroatoms. The quantitative estimate of drug-likeness (QED) is 0.862. The maximum Gasteiger partial charge on any atom is 0.276 e. The minimum atomic E-state index is -0.197. The summed E-state index contributed by atoms with van der Waals surface area (Å²) >= 11 is 0. The van der Waals surface area contributed by atoms with Crippen molar-refractivity contribution in [3.8, 4) is 5.88 Å². The summed E-state index contributed by atoms with van der Waals surface area (Å²) in [7, 11) is 0. The van der Waals surface area contributed by atoms with E-state index in [0.29, 0.717) is 18.2 Å². The zero-order valence-electron chi connectivity index (χ0n) is 16.1. The van der Waals surface area contributed by atoms with Crippen molar-refractivity contribution in [2.75, 3.05) is 49.5 Å². The summed E-state index contributed by atoms with van der Waals surface area (Å²) in [4.78, 5) is 17.6. The molecule has 148 valence electrons. The average Bonchev–Trinajstić information content (AvgIpc) is 3.42. The number of fused-ring (bicyclic) bond motifs is 1. The van der Waals surface area contributed by atoms with Gasteiger partial charge >= 0.3 is 0 Å². The van der Waals surface area contributed by atoms with Gasteiger partial charge in [0.05, 0.1) is 6.61 Å². The molecule has 1 aromatic heterocycles. The highest BCUT2D eigenvalue weighted by Gasteiger charge is 2.26. The van der Waals surface area contributed by atoms with E-state index in [1.807, 2.05) is 12.1 Å². The van der Waals surface area contributed by atoms with Gasteiger partial charge in [0.15, 0.2) is 5.69 Å². The van der Waals surface area contributed by atoms with Crippen LogP contribution in [0.2, 0.25) is 0 Å². The van der Waals surface area contributed by atoms with Crippen LogP contribution in [0.5, 0.6) is 5.88 Å². The second kappa shape index (κ2) is 7.47. The summed E-state index contributed by atoms with van der Waals surface area (Å²) in [6, 6.07) is 9.83. The van der Waals surface area contributed by atoms with Crippen LogP contribution in [-0.2, 0) is 6.54 Å². The Labute approximate surface area is 165 Å². The smallest absolute Gasteiger partial charge is 0.276 e. The third kappa shape index (κ3) is 3.85. The molecule has 2 aliphatic heterocycles. The zero-order chi connectivity index (χ0) is 18.9. The van der Waals surface area contributed by atoms with E-state index < -0.39 is 0 Å². The summed E-state index contributed by atoms with van der Waals surface area (Å²) in [5, 5.41) is 7.34. The monoisotopic (exact) mass is 381 g/mol. The number of aromatic nitrogens is 2. The standard InChI is InChI=1S/C21H27N5O2/c27-21(19-14-20-26(23-19)7-2-12-28-20)22-17-3-1-4-18(13-17)25-10-8-24(9-11-25)15-16-5-6-16/h1,3-4,13-14,16H,2,5-12,15H2,(H,22,27). The average molecular weight is 381 g/mol. The lowest BCUT2D eigenvalue weighted by molar-refractivity contribution is 0.102. The molecule has 0 unspecified atom stereocenters. The molecule has 3 heterocycles. The van der Waals surface area contributed by atoms with Gasteiger partial charge in [-0.1, -0.05) is 6.07 Å². The second-order valence-electron chi connectivity index (χ2n) is 8.03. The van der Waals surface area contributed by atoms with Gasteiger partial charge < -0.3 is 15.0 Å². The number of amides is 1. The largest absolute Gasteiger partial charge is 0.478 e. The fourth-order valence-electron chi connectivity index (χ4n) is 4.01. The Bertz CT molecular complexity index is 829. The predicted octanol–water partition coefficient (Wildman–Crippen LogP) is 2.45. The molecule has 1 saturated carbocycles. The number of hydrogen-bond donors (Lipinski definition) is 1. The number of nitrogens with one attached hydrogen (secondary N) is 1. The highest BCUT2D eigenvalue weighted by Crippen LogP contribution is 2.30. The van der Waals surface area contributed by atoms with Gasteiger partial charge in [0.1, 0.15) is 0 Å². The number of ether oxygens (including phenoxy) is 1. The van der Waals surface area contributed by atoms with Crippen molar-refractivity contribution < 1.29 is 9.53 Å². The molecule has 7 nitrogen and oxygen atoms in total. The molecule has 0 atom stereocenters. The van der Waals surface area contributed by atoms with Gasteiger partial charge in [-0.2, -0.15) is 5.10 Å². The predicted molar refractivity (Wildman–Crippen MR) is 108 cm³/mol. The van der Waals surface area contributed by atoms with E-state index in [9.17, 15) is 4.79 Å². The Balaban J connectivity index is 1.22. The molecule has 1 N–H and O–H groups in total. The summed E-state index contributed by atoms with van der Waals surface area (Å²) in [6.45, 7) is 7.06. The van der Waals surface area contributed by atoms with Crippen molar-refractivity contribution in [1.29, 1.82) is 0 Å². The van der Waals surface area contributed by atoms with E-state index in [1.165, 1.54) is 19.4 Å². The summed E-state index contributed by atoms with van der Waals surface area (Å²) in [5.41, 5.74) is 2.36. The number of carbonyl (C=O) groups is 1. The fraction of sp³-hybridized carbons (Fsp3) is 0.524. The van der Waals surface area contributed by atoms with Crippen LogP contribution in [0.15, 0.2) is 30.3 Å². The highest BCUT2D eigenvalue weighted by molar-refractivity contribution is 6.03. The first-order valence-electron chi connectivity index (χ1n) is 10.3. The highest BCUT2D eigenvalue weighted by atomic mass is 16.5. The summed E-state index contributed by atoms with van der Waals surface area (Å²) < 4.78 is 7.31. The van der Waals surface area contributed by atoms with Crippen LogP contribution in [0.3, 0.4) is 0 Å². The molecule has 0 bridgehead atoms. The van der Waals surface area contributed by atoms with Crippen LogP contribution in [0, 0.1) is 5.92 Å². The van der Waals surface area contributed by atoms with Crippen LogP contribution >= 0.6 is 0 Å². The summed E-state index contributed by atoms with van der Waals surface area (Å²) in [5.74, 6) is 1.43. The molecule has 5 rings (SSSR count). The van der Waals surface area contributed by atoms with E-state index in [-0.39, 0.29) is 5.91 Å². The molecule has 1 amide bonds. The van der Waals surface area contributed by atoms with Crippen molar-refractivity contribution in [2.45, 2.75) is 25.8 Å². The fourth-order valence-corrected chi connectivity index (χ4v) is 4.01. The van der Waals surface area contributed by atoms with Gasteiger partial charge in [-0.05, 0) is 37.0 Å². The Morgan fingerprint density at radius 3 is 2.79 bits per heavy atom. The van der Waals surface area contributed by atoms with Gasteiger partial charge in [0, 0.05) is 63.1 Å². The van der Waals surface area contributed by atoms with E-state index in [0.717, 1.165) is 56.4 Å². The molecule has 3 aliphatic rings. The number of nitrogens with zero attached hydrogens (tertiary/aromatic N) is 4. The van der Waals surface area contributed by atoms with E-state index in [2.05, 4.69) is 32.3 Å². The van der Waals surface area contributed by atoms with Crippen molar-refractivity contribution in [3.05, 3.63) is 36.0 Å². The van der Waals surface area contributed by atoms with Crippen molar-refractivity contribution in [1.82, 2.24) is 14.7 Å². The number of benzene rings is 1. The zero-order valence-corrected chi connectivity index (χ0v) is 16.1. The summed E-state index contributed by atoms with van der Waals surface area (Å²) in [6.07, 6.45) is 3.74. The Morgan fingerprint density at radius 1 is 1.14 bits per heavy atom. The molecule has 1 saturated heterocycles. The van der Waals surface area contributed by atoms with Crippen LogP contribution in [-0.4, -0.2) is 59.9 Å². The molecule has 2 fully saturated rings. The van der Waals surface area contributed by atoms with E-state index >= 15 is 0 Å². The third-order valence-corrected chi connectivity index (χ3v) is 5.79. The van der Waals surface area contributed by atoms with Crippen molar-refractivity contribution in [2.24, 2.45) is 5.92 Å². The number of anilines is 2. The first-order valence-corrected chi connectivity index (χ1v) is 10.3. The van der Waals surface area contributed by atoms with Crippen molar-refractivity contribution in [3.63, 3.8) is 0 Å². The molecular formula is C21H27N5O2. The first kappa shape index (κ1) is 17.6. The minimum Gasteiger partial charge on any atom is -0.478 e. The maximum absolute atomic E-state index is 12.6. The Kier molecular flexibility index (Phi) is 4.68. The van der Waals surface area contributed by atoms with Gasteiger partial charge in [0.2, 0.25) is 5.88 Å². The second-order valence-corrected chi connectivity index (χ2v) is 8.03. The van der Waals surface area contributed by atoms with Gasteiger partial charge in [-0.15, -0.1) is 0 Å². The molecule has 28 heavy (non-hydrogen) atoms. The van der Waals surface area contributed by atoms with Crippen molar-refractivity contribution >= 4 is 17.3 Å². The Hall–Kier alpha value is -2.54. The first-order chi connectivity index (χ1) is 13.7. The SMILES string of the molecule is O=C(Nc1cccc(N2CCN(CC3CC3)CC2)c1)c1cc2n(n1)CCCO2. The molecule has 0 spiro atoms. The van der Waals surface area contributed by atoms with Gasteiger partial charge in [0.25, 0.3) is 5.91 Å². The number of aryl methyl sites for hydroxylation is 1. The number of rotatable bonds is 5. The number of carbonyl (C=O) groups excluding carboxylic acids is 1. The molecule has 1 aromatic carbocycles. The van der Waals surface area contributed by atoms with Gasteiger partial charge in [-0.3, -0.25) is 9.69 Å². The normalized spacial score (nSPS) is 19.8. The van der Waals surface area contributed by atoms with Crippen LogP contribution in [0.25, 0.3) is 0 Å².